The van der Waals surface area contributed by atoms with Crippen LogP contribution in [0.15, 0.2) is 0 Å². The maximum absolute atomic E-state index is 10.7. The Morgan fingerprint density at radius 1 is 1.57 bits per heavy atom. The molecule has 3 unspecified atom stereocenters. The summed E-state index contributed by atoms with van der Waals surface area (Å²) in [4.78, 5) is 10.6. The molecule has 0 aromatic heterocycles. The maximum Gasteiger partial charge on any atom is 0.308 e. The van der Waals surface area contributed by atoms with Crippen LogP contribution < -0.4 is 5.32 Å². The minimum atomic E-state index is -0.738. The smallest absolute Gasteiger partial charge is 0.308 e. The van der Waals surface area contributed by atoms with Gasteiger partial charge in [-0.15, -0.1) is 0 Å². The van der Waals surface area contributed by atoms with Crippen LogP contribution in [0.3, 0.4) is 0 Å². The van der Waals surface area contributed by atoms with Gasteiger partial charge in [-0.25, -0.2) is 0 Å². The van der Waals surface area contributed by atoms with E-state index in [4.69, 9.17) is 5.11 Å². The van der Waals surface area contributed by atoms with Crippen molar-refractivity contribution in [2.45, 2.75) is 25.3 Å². The molecule has 5 heteroatoms. The van der Waals surface area contributed by atoms with Crippen LogP contribution >= 0.6 is 0 Å². The van der Waals surface area contributed by atoms with Crippen LogP contribution in [0.25, 0.3) is 0 Å². The van der Waals surface area contributed by atoms with Gasteiger partial charge in [0.25, 0.3) is 0 Å². The predicted octanol–water partition coefficient (Wildman–Crippen LogP) is 0.208. The van der Waals surface area contributed by atoms with Crippen LogP contribution in [0.4, 0.5) is 0 Å². The van der Waals surface area contributed by atoms with Crippen LogP contribution in [0.5, 0.6) is 0 Å². The van der Waals surface area contributed by atoms with Crippen molar-refractivity contribution in [2.24, 2.45) is 5.92 Å². The quantitative estimate of drug-likeness (QED) is 0.627. The van der Waals surface area contributed by atoms with E-state index < -0.39 is 16.8 Å². The van der Waals surface area contributed by atoms with Crippen molar-refractivity contribution in [2.75, 3.05) is 18.6 Å². The van der Waals surface area contributed by atoms with E-state index in [0.29, 0.717) is 5.75 Å². The third-order valence-electron chi connectivity index (χ3n) is 2.61. The van der Waals surface area contributed by atoms with Crippen molar-refractivity contribution >= 4 is 16.8 Å². The summed E-state index contributed by atoms with van der Waals surface area (Å²) in [7, 11) is -0.738. The fraction of sp³-hybridized carbons (Fsp3) is 0.889. The summed E-state index contributed by atoms with van der Waals surface area (Å²) < 4.78 is 10.7. The highest BCUT2D eigenvalue weighted by atomic mass is 32.2. The van der Waals surface area contributed by atoms with Crippen molar-refractivity contribution in [3.63, 3.8) is 0 Å². The number of hydrogen-bond donors (Lipinski definition) is 2. The second kappa shape index (κ2) is 5.46. The van der Waals surface area contributed by atoms with E-state index in [1.165, 1.54) is 0 Å². The molecule has 1 rings (SSSR count). The Morgan fingerprint density at radius 3 is 2.71 bits per heavy atom. The van der Waals surface area contributed by atoms with Crippen molar-refractivity contribution in [1.29, 1.82) is 0 Å². The third-order valence-corrected chi connectivity index (χ3v) is 3.47. The number of hydrogen-bond acceptors (Lipinski definition) is 3. The molecular weight excluding hydrogens is 202 g/mol. The fourth-order valence-electron chi connectivity index (χ4n) is 1.60. The van der Waals surface area contributed by atoms with Crippen molar-refractivity contribution in [3.05, 3.63) is 0 Å². The summed E-state index contributed by atoms with van der Waals surface area (Å²) in [5, 5.41) is 12.0. The Bertz CT molecular complexity index is 232. The van der Waals surface area contributed by atoms with Gasteiger partial charge in [0.2, 0.25) is 0 Å². The van der Waals surface area contributed by atoms with Gasteiger partial charge in [0.15, 0.2) is 0 Å². The number of rotatable bonds is 6. The molecule has 1 aliphatic rings. The standard InChI is InChI=1S/C9H17NO3S/c1-14(13)6-2-5-10-8-4-3-7(8)9(11)12/h7-8,10H,2-6H2,1H3,(H,11,12). The first kappa shape index (κ1) is 11.7. The lowest BCUT2D eigenvalue weighted by Crippen LogP contribution is -2.48. The monoisotopic (exact) mass is 219 g/mol. The highest BCUT2D eigenvalue weighted by molar-refractivity contribution is 7.84. The molecule has 1 aliphatic carbocycles. The van der Waals surface area contributed by atoms with Gasteiger partial charge in [0.05, 0.1) is 5.92 Å². The lowest BCUT2D eigenvalue weighted by Gasteiger charge is -2.34. The van der Waals surface area contributed by atoms with Gasteiger partial charge in [-0.1, -0.05) is 0 Å². The van der Waals surface area contributed by atoms with Gasteiger partial charge in [-0.3, -0.25) is 9.00 Å². The second-order valence-electron chi connectivity index (χ2n) is 3.71. The normalized spacial score (nSPS) is 28.1. The largest absolute Gasteiger partial charge is 0.481 e. The molecule has 0 radical (unpaired) electrons. The number of carbonyl (C=O) groups is 1. The maximum atomic E-state index is 10.7. The topological polar surface area (TPSA) is 66.4 Å². The van der Waals surface area contributed by atoms with E-state index in [1.807, 2.05) is 0 Å². The van der Waals surface area contributed by atoms with E-state index in [-0.39, 0.29) is 12.0 Å². The van der Waals surface area contributed by atoms with E-state index in [0.717, 1.165) is 25.8 Å². The second-order valence-corrected chi connectivity index (χ2v) is 5.27. The Labute approximate surface area is 86.5 Å². The molecule has 0 saturated heterocycles. The van der Waals surface area contributed by atoms with Crippen LogP contribution in [0.1, 0.15) is 19.3 Å². The van der Waals surface area contributed by atoms with Crippen LogP contribution in [0.2, 0.25) is 0 Å². The molecular formula is C9H17NO3S. The molecule has 82 valence electrons. The van der Waals surface area contributed by atoms with E-state index in [9.17, 15) is 9.00 Å². The molecule has 0 spiro atoms. The van der Waals surface area contributed by atoms with Crippen LogP contribution in [0, 0.1) is 5.92 Å². The predicted molar refractivity (Wildman–Crippen MR) is 55.7 cm³/mol. The molecule has 14 heavy (non-hydrogen) atoms. The van der Waals surface area contributed by atoms with Gasteiger partial charge in [-0.2, -0.15) is 0 Å². The van der Waals surface area contributed by atoms with Gasteiger partial charge >= 0.3 is 5.97 Å². The summed E-state index contributed by atoms with van der Waals surface area (Å²) in [5.74, 6) is -0.216. The molecule has 2 N–H and O–H groups in total. The van der Waals surface area contributed by atoms with Crippen molar-refractivity contribution in [1.82, 2.24) is 5.32 Å². The number of nitrogens with one attached hydrogen (secondary N) is 1. The minimum Gasteiger partial charge on any atom is -0.481 e. The number of aliphatic carboxylic acids is 1. The Balaban J connectivity index is 2.07. The molecule has 0 aliphatic heterocycles. The Hall–Kier alpha value is -0.420. The molecule has 4 nitrogen and oxygen atoms in total. The number of carboxylic acids is 1. The molecule has 0 amide bonds. The van der Waals surface area contributed by atoms with Crippen LogP contribution in [-0.2, 0) is 15.6 Å². The van der Waals surface area contributed by atoms with E-state index in [2.05, 4.69) is 5.32 Å². The zero-order valence-electron chi connectivity index (χ0n) is 8.36. The Kier molecular flexibility index (Phi) is 4.54. The van der Waals surface area contributed by atoms with Crippen LogP contribution in [-0.4, -0.2) is 39.9 Å². The average Bonchev–Trinajstić information content (AvgIpc) is 1.99. The van der Waals surface area contributed by atoms with Crippen molar-refractivity contribution < 1.29 is 14.1 Å². The molecule has 1 saturated carbocycles. The minimum absolute atomic E-state index is 0.137. The molecule has 0 bridgehead atoms. The van der Waals surface area contributed by atoms with E-state index >= 15 is 0 Å². The molecule has 0 aromatic rings. The molecule has 0 aromatic carbocycles. The molecule has 3 atom stereocenters. The third kappa shape index (κ3) is 3.38. The highest BCUT2D eigenvalue weighted by Gasteiger charge is 2.35. The summed E-state index contributed by atoms with van der Waals surface area (Å²) >= 11 is 0. The van der Waals surface area contributed by atoms with Crippen molar-refractivity contribution in [3.8, 4) is 0 Å². The first-order valence-corrected chi connectivity index (χ1v) is 6.60. The van der Waals surface area contributed by atoms with Gasteiger partial charge in [0, 0.05) is 28.9 Å². The van der Waals surface area contributed by atoms with Gasteiger partial charge in [-0.05, 0) is 25.8 Å². The summed E-state index contributed by atoms with van der Waals surface area (Å²) in [6.45, 7) is 0.772. The lowest BCUT2D eigenvalue weighted by molar-refractivity contribution is -0.146. The van der Waals surface area contributed by atoms with Gasteiger partial charge in [0.1, 0.15) is 0 Å². The fourth-order valence-corrected chi connectivity index (χ4v) is 2.15. The Morgan fingerprint density at radius 2 is 2.29 bits per heavy atom. The highest BCUT2D eigenvalue weighted by Crippen LogP contribution is 2.27. The first-order chi connectivity index (χ1) is 6.61. The lowest BCUT2D eigenvalue weighted by atomic mass is 9.79. The van der Waals surface area contributed by atoms with Gasteiger partial charge < -0.3 is 10.4 Å². The zero-order chi connectivity index (χ0) is 10.6. The summed E-state index contributed by atoms with van der Waals surface area (Å²) in [6, 6.07) is 0.137. The first-order valence-electron chi connectivity index (χ1n) is 4.87. The molecule has 0 heterocycles. The summed E-state index contributed by atoms with van der Waals surface area (Å²) in [5.41, 5.74) is 0. The number of carboxylic acid groups (broad SMARTS) is 1. The zero-order valence-corrected chi connectivity index (χ0v) is 9.18. The summed E-state index contributed by atoms with van der Waals surface area (Å²) in [6.07, 6.45) is 4.27. The molecule has 1 fully saturated rings. The SMILES string of the molecule is CS(=O)CCCNC1CCC1C(=O)O. The van der Waals surface area contributed by atoms with E-state index in [1.54, 1.807) is 6.26 Å². The average molecular weight is 219 g/mol.